The monoisotopic (exact) mass is 329 g/mol. The highest BCUT2D eigenvalue weighted by Gasteiger charge is 2.21. The molecule has 0 spiro atoms. The Labute approximate surface area is 141 Å². The summed E-state index contributed by atoms with van der Waals surface area (Å²) in [6.45, 7) is 6.25. The van der Waals surface area contributed by atoms with Gasteiger partial charge in [0, 0.05) is 19.7 Å². The lowest BCUT2D eigenvalue weighted by molar-refractivity contribution is 0.0951. The van der Waals surface area contributed by atoms with Crippen molar-refractivity contribution in [3.8, 4) is 5.75 Å². The average molecular weight is 329 g/mol. The molecule has 1 heterocycles. The van der Waals surface area contributed by atoms with E-state index in [2.05, 4.69) is 15.6 Å². The second-order valence-corrected chi connectivity index (χ2v) is 5.48. The molecule has 3 N–H and O–H groups in total. The topological polar surface area (TPSA) is 83.2 Å². The van der Waals surface area contributed by atoms with Crippen molar-refractivity contribution in [3.63, 3.8) is 0 Å². The number of aryl methyl sites for hydroxylation is 1. The summed E-state index contributed by atoms with van der Waals surface area (Å²) < 4.78 is 5.97. The molecule has 0 saturated heterocycles. The highest BCUT2D eigenvalue weighted by atomic mass is 16.5. The minimum absolute atomic E-state index is 0.235. The van der Waals surface area contributed by atoms with Crippen molar-refractivity contribution in [2.24, 2.45) is 0 Å². The number of benzene rings is 1. The first kappa shape index (κ1) is 17.6. The van der Waals surface area contributed by atoms with Gasteiger partial charge < -0.3 is 20.4 Å². The molecule has 2 amide bonds. The summed E-state index contributed by atoms with van der Waals surface area (Å²) in [5.74, 6) is -0.259. The SMILES string of the molecule is CCNC(=O)c1cc(O[C@@H](C)c2ccccc2C)c(C(=O)NC)[nH]1. The number of H-pyrrole nitrogens is 1. The Kier molecular flexibility index (Phi) is 5.63. The number of carbonyl (C=O) groups excluding carboxylic acids is 2. The molecule has 0 aliphatic carbocycles. The first-order valence-electron chi connectivity index (χ1n) is 7.93. The maximum Gasteiger partial charge on any atom is 0.271 e. The molecule has 1 atom stereocenters. The largest absolute Gasteiger partial charge is 0.484 e. The van der Waals surface area contributed by atoms with E-state index in [0.29, 0.717) is 18.0 Å². The summed E-state index contributed by atoms with van der Waals surface area (Å²) in [6.07, 6.45) is -0.257. The van der Waals surface area contributed by atoms with E-state index in [0.717, 1.165) is 11.1 Å². The highest BCUT2D eigenvalue weighted by molar-refractivity contribution is 5.99. The van der Waals surface area contributed by atoms with Crippen molar-refractivity contribution in [3.05, 3.63) is 52.8 Å². The normalized spacial score (nSPS) is 11.7. The Morgan fingerprint density at radius 3 is 2.58 bits per heavy atom. The summed E-state index contributed by atoms with van der Waals surface area (Å²) in [5.41, 5.74) is 2.66. The van der Waals surface area contributed by atoms with E-state index >= 15 is 0 Å². The maximum atomic E-state index is 12.1. The number of ether oxygens (including phenoxy) is 1. The quantitative estimate of drug-likeness (QED) is 0.761. The van der Waals surface area contributed by atoms with Crippen molar-refractivity contribution in [2.75, 3.05) is 13.6 Å². The van der Waals surface area contributed by atoms with Crippen LogP contribution in [0.1, 0.15) is 52.1 Å². The molecule has 1 aromatic carbocycles. The van der Waals surface area contributed by atoms with E-state index in [1.54, 1.807) is 6.07 Å². The Balaban J connectivity index is 2.32. The van der Waals surface area contributed by atoms with Crippen LogP contribution in [0.5, 0.6) is 5.75 Å². The van der Waals surface area contributed by atoms with E-state index in [4.69, 9.17) is 4.74 Å². The highest BCUT2D eigenvalue weighted by Crippen LogP contribution is 2.28. The standard InChI is InChI=1S/C18H23N3O3/c1-5-20-17(22)14-10-15(16(21-14)18(23)19-4)24-12(3)13-9-7-6-8-11(13)2/h6-10,12,21H,5H2,1-4H3,(H,19,23)(H,20,22)/t12-/m0/s1. The average Bonchev–Trinajstić information content (AvgIpc) is 2.98. The van der Waals surface area contributed by atoms with Gasteiger partial charge in [0.15, 0.2) is 5.75 Å². The van der Waals surface area contributed by atoms with Crippen LogP contribution in [0, 0.1) is 6.92 Å². The molecule has 2 rings (SSSR count). The van der Waals surface area contributed by atoms with E-state index in [-0.39, 0.29) is 23.6 Å². The van der Waals surface area contributed by atoms with Crippen LogP contribution in [0.15, 0.2) is 30.3 Å². The summed E-state index contributed by atoms with van der Waals surface area (Å²) in [6, 6.07) is 9.46. The molecule has 1 aromatic heterocycles. The molecule has 0 saturated carbocycles. The lowest BCUT2D eigenvalue weighted by Crippen LogP contribution is -2.23. The molecule has 0 unspecified atom stereocenters. The van der Waals surface area contributed by atoms with Crippen LogP contribution in [0.4, 0.5) is 0 Å². The predicted octanol–water partition coefficient (Wildman–Crippen LogP) is 2.57. The molecule has 0 bridgehead atoms. The van der Waals surface area contributed by atoms with Crippen molar-refractivity contribution in [1.82, 2.24) is 15.6 Å². The van der Waals surface area contributed by atoms with Crippen LogP contribution in [-0.2, 0) is 0 Å². The minimum atomic E-state index is -0.336. The zero-order valence-corrected chi connectivity index (χ0v) is 14.4. The van der Waals surface area contributed by atoms with Gasteiger partial charge in [0.05, 0.1) is 0 Å². The fourth-order valence-electron chi connectivity index (χ4n) is 2.50. The lowest BCUT2D eigenvalue weighted by atomic mass is 10.0. The van der Waals surface area contributed by atoms with Gasteiger partial charge in [-0.2, -0.15) is 0 Å². The Morgan fingerprint density at radius 2 is 1.96 bits per heavy atom. The van der Waals surface area contributed by atoms with Crippen LogP contribution >= 0.6 is 0 Å². The first-order valence-corrected chi connectivity index (χ1v) is 7.93. The van der Waals surface area contributed by atoms with E-state index in [9.17, 15) is 9.59 Å². The van der Waals surface area contributed by atoms with E-state index in [1.807, 2.05) is 45.0 Å². The number of hydrogen-bond acceptors (Lipinski definition) is 3. The molecule has 0 fully saturated rings. The molecule has 2 aromatic rings. The minimum Gasteiger partial charge on any atom is -0.484 e. The van der Waals surface area contributed by atoms with E-state index < -0.39 is 0 Å². The van der Waals surface area contributed by atoms with Gasteiger partial charge in [0.25, 0.3) is 11.8 Å². The van der Waals surface area contributed by atoms with Gasteiger partial charge in [-0.1, -0.05) is 24.3 Å². The van der Waals surface area contributed by atoms with Gasteiger partial charge in [-0.05, 0) is 31.9 Å². The molecule has 0 aliphatic rings. The zero-order chi connectivity index (χ0) is 17.7. The molecular formula is C18H23N3O3. The molecule has 6 nitrogen and oxygen atoms in total. The second-order valence-electron chi connectivity index (χ2n) is 5.48. The number of rotatable bonds is 6. The van der Waals surface area contributed by atoms with Crippen molar-refractivity contribution in [1.29, 1.82) is 0 Å². The number of carbonyl (C=O) groups is 2. The zero-order valence-electron chi connectivity index (χ0n) is 14.4. The third-order valence-corrected chi connectivity index (χ3v) is 3.75. The van der Waals surface area contributed by atoms with Gasteiger partial charge in [-0.15, -0.1) is 0 Å². The van der Waals surface area contributed by atoms with Gasteiger partial charge in [-0.3, -0.25) is 9.59 Å². The Hall–Kier alpha value is -2.76. The first-order chi connectivity index (χ1) is 11.5. The smallest absolute Gasteiger partial charge is 0.271 e. The van der Waals surface area contributed by atoms with Crippen molar-refractivity contribution < 1.29 is 14.3 Å². The predicted molar refractivity (Wildman–Crippen MR) is 92.4 cm³/mol. The number of amides is 2. The molecule has 0 radical (unpaired) electrons. The summed E-state index contributed by atoms with van der Waals surface area (Å²) in [5, 5.41) is 5.24. The third-order valence-electron chi connectivity index (χ3n) is 3.75. The molecule has 0 aliphatic heterocycles. The van der Waals surface area contributed by atoms with Gasteiger partial charge in [0.2, 0.25) is 0 Å². The molecular weight excluding hydrogens is 306 g/mol. The lowest BCUT2D eigenvalue weighted by Gasteiger charge is -2.17. The Morgan fingerprint density at radius 1 is 1.25 bits per heavy atom. The summed E-state index contributed by atoms with van der Waals surface area (Å²) in [7, 11) is 1.53. The van der Waals surface area contributed by atoms with Crippen LogP contribution in [-0.4, -0.2) is 30.4 Å². The van der Waals surface area contributed by atoms with Crippen LogP contribution in [0.3, 0.4) is 0 Å². The van der Waals surface area contributed by atoms with Crippen LogP contribution in [0.25, 0.3) is 0 Å². The summed E-state index contributed by atoms with van der Waals surface area (Å²) >= 11 is 0. The van der Waals surface area contributed by atoms with Crippen molar-refractivity contribution >= 4 is 11.8 Å². The van der Waals surface area contributed by atoms with Gasteiger partial charge >= 0.3 is 0 Å². The van der Waals surface area contributed by atoms with Crippen LogP contribution in [0.2, 0.25) is 0 Å². The van der Waals surface area contributed by atoms with E-state index in [1.165, 1.54) is 7.05 Å². The second kappa shape index (κ2) is 7.68. The fourth-order valence-corrected chi connectivity index (χ4v) is 2.50. The number of aromatic amines is 1. The summed E-state index contributed by atoms with van der Waals surface area (Å²) in [4.78, 5) is 26.9. The molecule has 6 heteroatoms. The molecule has 24 heavy (non-hydrogen) atoms. The van der Waals surface area contributed by atoms with Gasteiger partial charge in [-0.25, -0.2) is 0 Å². The van der Waals surface area contributed by atoms with Crippen LogP contribution < -0.4 is 15.4 Å². The van der Waals surface area contributed by atoms with Crippen molar-refractivity contribution in [2.45, 2.75) is 26.9 Å². The molecule has 128 valence electrons. The maximum absolute atomic E-state index is 12.1. The Bertz CT molecular complexity index is 737. The number of hydrogen-bond donors (Lipinski definition) is 3. The number of aromatic nitrogens is 1. The third kappa shape index (κ3) is 3.76. The number of nitrogens with one attached hydrogen (secondary N) is 3. The fraction of sp³-hybridized carbons (Fsp3) is 0.333. The van der Waals surface area contributed by atoms with Gasteiger partial charge in [0.1, 0.15) is 17.5 Å².